The van der Waals surface area contributed by atoms with Crippen molar-refractivity contribution in [3.05, 3.63) is 29.8 Å². The van der Waals surface area contributed by atoms with Crippen molar-refractivity contribution in [3.63, 3.8) is 0 Å². The minimum absolute atomic E-state index is 0.271. The number of carboxylic acids is 1. The molecule has 0 heterocycles. The molecule has 0 radical (unpaired) electrons. The van der Waals surface area contributed by atoms with Gasteiger partial charge in [-0.25, -0.2) is 9.59 Å². The van der Waals surface area contributed by atoms with Gasteiger partial charge in [0.25, 0.3) is 0 Å². The van der Waals surface area contributed by atoms with Crippen molar-refractivity contribution >= 4 is 23.6 Å². The summed E-state index contributed by atoms with van der Waals surface area (Å²) >= 11 is 0. The van der Waals surface area contributed by atoms with Crippen molar-refractivity contribution in [2.75, 3.05) is 5.32 Å². The van der Waals surface area contributed by atoms with Crippen LogP contribution in [0.3, 0.4) is 0 Å². The Kier molecular flexibility index (Phi) is 5.29. The van der Waals surface area contributed by atoms with Gasteiger partial charge in [-0.3, -0.25) is 4.79 Å². The first kappa shape index (κ1) is 16.5. The molecule has 0 aliphatic heterocycles. The lowest BCUT2D eigenvalue weighted by Gasteiger charge is -2.28. The molecule has 0 aromatic heterocycles. The van der Waals surface area contributed by atoms with Gasteiger partial charge in [-0.05, 0) is 37.1 Å². The van der Waals surface area contributed by atoms with Crippen LogP contribution in [0.2, 0.25) is 0 Å². The number of rotatable bonds is 6. The zero-order valence-corrected chi connectivity index (χ0v) is 12.0. The minimum atomic E-state index is -1.29. The molecule has 0 spiro atoms. The summed E-state index contributed by atoms with van der Waals surface area (Å²) in [5.74, 6) is -1.64. The first-order valence-electron chi connectivity index (χ1n) is 6.57. The molecule has 3 amide bonds. The van der Waals surface area contributed by atoms with Crippen LogP contribution in [0.15, 0.2) is 24.3 Å². The third kappa shape index (κ3) is 3.95. The van der Waals surface area contributed by atoms with E-state index in [1.165, 1.54) is 24.3 Å². The van der Waals surface area contributed by atoms with Gasteiger partial charge in [-0.1, -0.05) is 13.8 Å². The largest absolute Gasteiger partial charge is 0.480 e. The Hall–Kier alpha value is -2.57. The number of hydrogen-bond donors (Lipinski definition) is 4. The minimum Gasteiger partial charge on any atom is -0.480 e. The molecule has 0 fully saturated rings. The second kappa shape index (κ2) is 6.74. The van der Waals surface area contributed by atoms with Gasteiger partial charge in [0.2, 0.25) is 5.91 Å². The van der Waals surface area contributed by atoms with Gasteiger partial charge in [0.15, 0.2) is 0 Å². The number of carbonyl (C=O) groups is 3. The van der Waals surface area contributed by atoms with Crippen LogP contribution in [0.5, 0.6) is 0 Å². The fraction of sp³-hybridized carbons (Fsp3) is 0.357. The summed E-state index contributed by atoms with van der Waals surface area (Å²) in [4.78, 5) is 34.1. The fourth-order valence-corrected chi connectivity index (χ4v) is 1.88. The summed E-state index contributed by atoms with van der Waals surface area (Å²) in [6.45, 7) is 3.39. The molecule has 0 bridgehead atoms. The van der Waals surface area contributed by atoms with Crippen LogP contribution in [-0.2, 0) is 4.79 Å². The average molecular weight is 293 g/mol. The SMILES string of the molecule is CCC(CC)(NC(=O)Nc1ccc(C(N)=O)cc1)C(=O)O. The van der Waals surface area contributed by atoms with Gasteiger partial charge < -0.3 is 21.5 Å². The van der Waals surface area contributed by atoms with E-state index < -0.39 is 23.4 Å². The molecular weight excluding hydrogens is 274 g/mol. The maximum Gasteiger partial charge on any atom is 0.329 e. The number of anilines is 1. The Morgan fingerprint density at radius 2 is 1.67 bits per heavy atom. The van der Waals surface area contributed by atoms with Gasteiger partial charge in [0.05, 0.1) is 0 Å². The molecule has 0 aliphatic carbocycles. The number of urea groups is 1. The third-order valence-corrected chi connectivity index (χ3v) is 3.40. The number of amides is 3. The maximum atomic E-state index is 11.9. The molecule has 1 aromatic rings. The third-order valence-electron chi connectivity index (χ3n) is 3.40. The zero-order chi connectivity index (χ0) is 16.0. The predicted molar refractivity (Wildman–Crippen MR) is 78.1 cm³/mol. The van der Waals surface area contributed by atoms with Crippen molar-refractivity contribution in [2.24, 2.45) is 5.73 Å². The van der Waals surface area contributed by atoms with Crippen molar-refractivity contribution < 1.29 is 19.5 Å². The molecule has 1 rings (SSSR count). The Morgan fingerprint density at radius 1 is 1.14 bits per heavy atom. The Balaban J connectivity index is 2.77. The van der Waals surface area contributed by atoms with E-state index in [1.807, 2.05) is 0 Å². The van der Waals surface area contributed by atoms with Crippen LogP contribution in [0.25, 0.3) is 0 Å². The van der Waals surface area contributed by atoms with E-state index in [-0.39, 0.29) is 12.8 Å². The van der Waals surface area contributed by atoms with E-state index in [4.69, 9.17) is 5.73 Å². The summed E-state index contributed by atoms with van der Waals surface area (Å²) in [7, 11) is 0. The van der Waals surface area contributed by atoms with E-state index in [2.05, 4.69) is 10.6 Å². The van der Waals surface area contributed by atoms with Crippen molar-refractivity contribution in [1.82, 2.24) is 5.32 Å². The fourth-order valence-electron chi connectivity index (χ4n) is 1.88. The Labute approximate surface area is 122 Å². The standard InChI is InChI=1S/C14H19N3O4/c1-3-14(4-2,12(19)20)17-13(21)16-10-7-5-9(6-8-10)11(15)18/h5-8H,3-4H2,1-2H3,(H2,15,18)(H,19,20)(H2,16,17,21). The van der Waals surface area contributed by atoms with Gasteiger partial charge in [-0.2, -0.15) is 0 Å². The molecule has 0 aliphatic rings. The topological polar surface area (TPSA) is 122 Å². The molecule has 114 valence electrons. The second-order valence-electron chi connectivity index (χ2n) is 4.62. The zero-order valence-electron chi connectivity index (χ0n) is 12.0. The summed E-state index contributed by atoms with van der Waals surface area (Å²) in [6.07, 6.45) is 0.541. The molecule has 21 heavy (non-hydrogen) atoms. The quantitative estimate of drug-likeness (QED) is 0.635. The van der Waals surface area contributed by atoms with Crippen LogP contribution in [0.4, 0.5) is 10.5 Å². The molecular formula is C14H19N3O4. The predicted octanol–water partition coefficient (Wildman–Crippen LogP) is 1.55. The highest BCUT2D eigenvalue weighted by atomic mass is 16.4. The number of hydrogen-bond acceptors (Lipinski definition) is 3. The van der Waals surface area contributed by atoms with Crippen molar-refractivity contribution in [3.8, 4) is 0 Å². The van der Waals surface area contributed by atoms with Gasteiger partial charge in [0.1, 0.15) is 5.54 Å². The average Bonchev–Trinajstić information content (AvgIpc) is 2.45. The van der Waals surface area contributed by atoms with Crippen LogP contribution >= 0.6 is 0 Å². The van der Waals surface area contributed by atoms with Gasteiger partial charge >= 0.3 is 12.0 Å². The van der Waals surface area contributed by atoms with Crippen molar-refractivity contribution in [1.29, 1.82) is 0 Å². The van der Waals surface area contributed by atoms with Crippen LogP contribution < -0.4 is 16.4 Å². The van der Waals surface area contributed by atoms with Gasteiger partial charge in [-0.15, -0.1) is 0 Å². The van der Waals surface area contributed by atoms with E-state index in [0.717, 1.165) is 0 Å². The lowest BCUT2D eigenvalue weighted by atomic mass is 9.93. The maximum absolute atomic E-state index is 11.9. The highest BCUT2D eigenvalue weighted by molar-refractivity contribution is 5.95. The first-order valence-corrected chi connectivity index (χ1v) is 6.57. The number of nitrogens with two attached hydrogens (primary N) is 1. The molecule has 1 aromatic carbocycles. The number of primary amides is 1. The molecule has 0 unspecified atom stereocenters. The number of benzene rings is 1. The molecule has 0 saturated carbocycles. The summed E-state index contributed by atoms with van der Waals surface area (Å²) in [6, 6.07) is 5.36. The van der Waals surface area contributed by atoms with E-state index in [9.17, 15) is 19.5 Å². The van der Waals surface area contributed by atoms with Crippen LogP contribution in [0.1, 0.15) is 37.0 Å². The summed E-state index contributed by atoms with van der Waals surface area (Å²) < 4.78 is 0. The van der Waals surface area contributed by atoms with E-state index in [1.54, 1.807) is 13.8 Å². The lowest BCUT2D eigenvalue weighted by molar-refractivity contribution is -0.144. The smallest absolute Gasteiger partial charge is 0.329 e. The highest BCUT2D eigenvalue weighted by Crippen LogP contribution is 2.16. The molecule has 5 N–H and O–H groups in total. The molecule has 0 atom stereocenters. The first-order chi connectivity index (χ1) is 9.84. The lowest BCUT2D eigenvalue weighted by Crippen LogP contribution is -2.54. The monoisotopic (exact) mass is 293 g/mol. The molecule has 7 heteroatoms. The van der Waals surface area contributed by atoms with Gasteiger partial charge in [0, 0.05) is 11.3 Å². The van der Waals surface area contributed by atoms with Crippen LogP contribution in [0, 0.1) is 0 Å². The number of nitrogens with one attached hydrogen (secondary N) is 2. The Morgan fingerprint density at radius 3 is 2.05 bits per heavy atom. The van der Waals surface area contributed by atoms with Crippen molar-refractivity contribution in [2.45, 2.75) is 32.2 Å². The summed E-state index contributed by atoms with van der Waals surface area (Å²) in [5, 5.41) is 14.2. The molecule has 0 saturated heterocycles. The Bertz CT molecular complexity index is 536. The normalized spacial score (nSPS) is 10.8. The summed E-state index contributed by atoms with van der Waals surface area (Å²) in [5.41, 5.74) is 4.58. The number of aliphatic carboxylic acids is 1. The highest BCUT2D eigenvalue weighted by Gasteiger charge is 2.36. The van der Waals surface area contributed by atoms with E-state index in [0.29, 0.717) is 11.3 Å². The van der Waals surface area contributed by atoms with Crippen LogP contribution in [-0.4, -0.2) is 28.6 Å². The number of carbonyl (C=O) groups excluding carboxylic acids is 2. The van der Waals surface area contributed by atoms with E-state index >= 15 is 0 Å². The number of carboxylic acid groups (broad SMARTS) is 1. The molecule has 7 nitrogen and oxygen atoms in total. The second-order valence-corrected chi connectivity index (χ2v) is 4.62.